The van der Waals surface area contributed by atoms with Crippen molar-refractivity contribution in [2.75, 3.05) is 18.8 Å². The molecule has 0 saturated heterocycles. The number of aromatic nitrogens is 3. The van der Waals surface area contributed by atoms with Crippen molar-refractivity contribution < 1.29 is 4.79 Å². The van der Waals surface area contributed by atoms with Crippen molar-refractivity contribution in [2.45, 2.75) is 46.2 Å². The van der Waals surface area contributed by atoms with Crippen LogP contribution in [0.2, 0.25) is 0 Å². The van der Waals surface area contributed by atoms with Crippen LogP contribution in [0.4, 0.5) is 0 Å². The van der Waals surface area contributed by atoms with Crippen LogP contribution in [0.5, 0.6) is 0 Å². The topological polar surface area (TPSA) is 61.9 Å². The van der Waals surface area contributed by atoms with E-state index in [-0.39, 0.29) is 5.91 Å². The van der Waals surface area contributed by atoms with Crippen LogP contribution in [0.3, 0.4) is 0 Å². The highest BCUT2D eigenvalue weighted by atomic mass is 32.2. The number of carbonyl (C=O) groups is 1. The van der Waals surface area contributed by atoms with Gasteiger partial charge in [-0.25, -0.2) is 4.98 Å². The molecule has 6 heteroatoms. The van der Waals surface area contributed by atoms with E-state index >= 15 is 0 Å². The fraction of sp³-hybridized carbons (Fsp3) is 0.550. The van der Waals surface area contributed by atoms with Crippen LogP contribution in [0.25, 0.3) is 11.4 Å². The van der Waals surface area contributed by atoms with Crippen molar-refractivity contribution in [1.29, 1.82) is 0 Å². The lowest BCUT2D eigenvalue weighted by molar-refractivity contribution is -0.129. The third-order valence-corrected chi connectivity index (χ3v) is 4.78. The monoisotopic (exact) mass is 374 g/mol. The van der Waals surface area contributed by atoms with Gasteiger partial charge >= 0.3 is 0 Å². The van der Waals surface area contributed by atoms with Gasteiger partial charge < -0.3 is 4.90 Å². The van der Waals surface area contributed by atoms with Crippen LogP contribution in [-0.2, 0) is 11.2 Å². The molecule has 26 heavy (non-hydrogen) atoms. The molecule has 2 rings (SSSR count). The summed E-state index contributed by atoms with van der Waals surface area (Å²) in [6.45, 7) is 12.3. The van der Waals surface area contributed by atoms with Crippen LogP contribution >= 0.6 is 11.8 Å². The smallest absolute Gasteiger partial charge is 0.233 e. The lowest BCUT2D eigenvalue weighted by atomic mass is 10.1. The standard InChI is InChI=1S/C20H30N4OS/c1-6-16-7-9-17(10-8-16)19-21-20(23-22-19)26-13-18(25)24(11-14(2)3)12-15(4)5/h7-10,14-15H,6,11-13H2,1-5H3,(H,21,22,23). The summed E-state index contributed by atoms with van der Waals surface area (Å²) in [4.78, 5) is 19.0. The SMILES string of the molecule is CCc1ccc(-c2nc(SCC(=O)N(CC(C)C)CC(C)C)n[nH]2)cc1. The predicted octanol–water partition coefficient (Wildman–Crippen LogP) is 4.27. The zero-order valence-corrected chi connectivity index (χ0v) is 17.3. The van der Waals surface area contributed by atoms with Gasteiger partial charge in [-0.3, -0.25) is 9.89 Å². The molecule has 0 atom stereocenters. The maximum Gasteiger partial charge on any atom is 0.233 e. The number of hydrogen-bond acceptors (Lipinski definition) is 4. The van der Waals surface area contributed by atoms with Crippen LogP contribution < -0.4 is 0 Å². The Morgan fingerprint density at radius 1 is 1.12 bits per heavy atom. The van der Waals surface area contributed by atoms with Crippen molar-refractivity contribution in [3.05, 3.63) is 29.8 Å². The van der Waals surface area contributed by atoms with E-state index in [1.54, 1.807) is 0 Å². The summed E-state index contributed by atoms with van der Waals surface area (Å²) < 4.78 is 0. The van der Waals surface area contributed by atoms with E-state index in [0.29, 0.717) is 22.7 Å². The molecule has 5 nitrogen and oxygen atoms in total. The first-order valence-corrected chi connectivity index (χ1v) is 10.3. The molecule has 0 saturated carbocycles. The number of thioether (sulfide) groups is 1. The molecule has 1 aromatic heterocycles. The van der Waals surface area contributed by atoms with Crippen molar-refractivity contribution in [3.8, 4) is 11.4 Å². The van der Waals surface area contributed by atoms with Crippen LogP contribution in [0.15, 0.2) is 29.4 Å². The molecule has 1 aromatic carbocycles. The van der Waals surface area contributed by atoms with Gasteiger partial charge in [0.25, 0.3) is 0 Å². The van der Waals surface area contributed by atoms with Gasteiger partial charge in [0.2, 0.25) is 11.1 Å². The Kier molecular flexibility index (Phi) is 7.69. The van der Waals surface area contributed by atoms with E-state index < -0.39 is 0 Å². The number of carbonyl (C=O) groups excluding carboxylic acids is 1. The van der Waals surface area contributed by atoms with Gasteiger partial charge in [0.05, 0.1) is 5.75 Å². The second-order valence-corrected chi connectivity index (χ2v) is 8.33. The molecule has 0 aliphatic rings. The first-order valence-electron chi connectivity index (χ1n) is 9.31. The normalized spacial score (nSPS) is 11.3. The maximum atomic E-state index is 12.6. The Labute approximate surface area is 161 Å². The van der Waals surface area contributed by atoms with Crippen LogP contribution in [0.1, 0.15) is 40.2 Å². The number of amides is 1. The zero-order valence-electron chi connectivity index (χ0n) is 16.5. The average molecular weight is 375 g/mol. The van der Waals surface area contributed by atoms with Crippen LogP contribution in [-0.4, -0.2) is 44.8 Å². The second kappa shape index (κ2) is 9.76. The number of nitrogens with one attached hydrogen (secondary N) is 1. The summed E-state index contributed by atoms with van der Waals surface area (Å²) in [5, 5.41) is 7.83. The number of hydrogen-bond donors (Lipinski definition) is 1. The average Bonchev–Trinajstić information content (AvgIpc) is 3.07. The van der Waals surface area contributed by atoms with Crippen molar-refractivity contribution in [2.24, 2.45) is 11.8 Å². The van der Waals surface area contributed by atoms with Gasteiger partial charge in [0, 0.05) is 18.7 Å². The summed E-state index contributed by atoms with van der Waals surface area (Å²) in [6.07, 6.45) is 1.02. The van der Waals surface area contributed by atoms with Crippen LogP contribution in [0, 0.1) is 11.8 Å². The third kappa shape index (κ3) is 6.16. The Morgan fingerprint density at radius 3 is 2.27 bits per heavy atom. The molecule has 0 aliphatic heterocycles. The third-order valence-electron chi connectivity index (χ3n) is 3.95. The predicted molar refractivity (Wildman–Crippen MR) is 108 cm³/mol. The van der Waals surface area contributed by atoms with Gasteiger partial charge in [0.15, 0.2) is 5.82 Å². The molecule has 1 N–H and O–H groups in total. The number of aryl methyl sites for hydroxylation is 1. The number of H-pyrrole nitrogens is 1. The van der Waals surface area contributed by atoms with E-state index in [9.17, 15) is 4.79 Å². The fourth-order valence-corrected chi connectivity index (χ4v) is 3.42. The van der Waals surface area contributed by atoms with E-state index in [1.807, 2.05) is 17.0 Å². The molecule has 0 unspecified atom stereocenters. The van der Waals surface area contributed by atoms with Crippen molar-refractivity contribution in [1.82, 2.24) is 20.1 Å². The lowest BCUT2D eigenvalue weighted by Crippen LogP contribution is -2.38. The molecule has 1 amide bonds. The highest BCUT2D eigenvalue weighted by Crippen LogP contribution is 2.20. The number of benzene rings is 1. The molecule has 142 valence electrons. The minimum Gasteiger partial charge on any atom is -0.341 e. The Hall–Kier alpha value is -1.82. The lowest BCUT2D eigenvalue weighted by Gasteiger charge is -2.26. The summed E-state index contributed by atoms with van der Waals surface area (Å²) in [6, 6.07) is 8.30. The largest absolute Gasteiger partial charge is 0.341 e. The molecule has 1 heterocycles. The van der Waals surface area contributed by atoms with Gasteiger partial charge in [-0.15, -0.1) is 5.10 Å². The Bertz CT molecular complexity index is 684. The Balaban J connectivity index is 1.96. The minimum atomic E-state index is 0.149. The summed E-state index contributed by atoms with van der Waals surface area (Å²) >= 11 is 1.39. The summed E-state index contributed by atoms with van der Waals surface area (Å²) in [7, 11) is 0. The molecule has 0 aliphatic carbocycles. The van der Waals surface area contributed by atoms with E-state index in [4.69, 9.17) is 0 Å². The first-order chi connectivity index (χ1) is 12.4. The molecule has 0 radical (unpaired) electrons. The summed E-state index contributed by atoms with van der Waals surface area (Å²) in [5.74, 6) is 2.18. The highest BCUT2D eigenvalue weighted by molar-refractivity contribution is 7.99. The fourth-order valence-electron chi connectivity index (χ4n) is 2.72. The van der Waals surface area contributed by atoms with Gasteiger partial charge in [0.1, 0.15) is 0 Å². The number of rotatable bonds is 9. The first kappa shape index (κ1) is 20.5. The van der Waals surface area contributed by atoms with E-state index in [2.05, 4.69) is 61.9 Å². The van der Waals surface area contributed by atoms with E-state index in [0.717, 1.165) is 30.9 Å². The van der Waals surface area contributed by atoms with Crippen molar-refractivity contribution >= 4 is 17.7 Å². The summed E-state index contributed by atoms with van der Waals surface area (Å²) in [5.41, 5.74) is 2.30. The highest BCUT2D eigenvalue weighted by Gasteiger charge is 2.17. The second-order valence-electron chi connectivity index (χ2n) is 7.39. The van der Waals surface area contributed by atoms with Gasteiger partial charge in [-0.05, 0) is 23.8 Å². The van der Waals surface area contributed by atoms with Gasteiger partial charge in [-0.1, -0.05) is 70.6 Å². The number of aromatic amines is 1. The quantitative estimate of drug-likeness (QED) is 0.666. The molecule has 0 bridgehead atoms. The Morgan fingerprint density at radius 2 is 1.73 bits per heavy atom. The molecule has 0 spiro atoms. The minimum absolute atomic E-state index is 0.149. The van der Waals surface area contributed by atoms with Gasteiger partial charge in [-0.2, -0.15) is 0 Å². The molecule has 0 fully saturated rings. The van der Waals surface area contributed by atoms with E-state index in [1.165, 1.54) is 17.3 Å². The maximum absolute atomic E-state index is 12.6. The van der Waals surface area contributed by atoms with Crippen molar-refractivity contribution in [3.63, 3.8) is 0 Å². The number of nitrogens with zero attached hydrogens (tertiary/aromatic N) is 3. The molecular weight excluding hydrogens is 344 g/mol. The molecular formula is C20H30N4OS. The zero-order chi connectivity index (χ0) is 19.1. The molecule has 2 aromatic rings.